The molecule has 0 saturated carbocycles. The Kier molecular flexibility index (Phi) is 2.17. The number of nitrogens with zero attached hydrogens (tertiary/aromatic N) is 3. The molecule has 2 aromatic heterocycles. The molecule has 1 aliphatic heterocycles. The van der Waals surface area contributed by atoms with Crippen molar-refractivity contribution in [3.63, 3.8) is 0 Å². The van der Waals surface area contributed by atoms with Crippen LogP contribution in [0.5, 0.6) is 0 Å². The van der Waals surface area contributed by atoms with E-state index < -0.39 is 0 Å². The summed E-state index contributed by atoms with van der Waals surface area (Å²) in [5, 5.41) is 0. The van der Waals surface area contributed by atoms with Gasteiger partial charge in [-0.2, -0.15) is 0 Å². The van der Waals surface area contributed by atoms with Gasteiger partial charge in [-0.25, -0.2) is 9.97 Å². The molecular weight excluding hydrogens is 202 g/mol. The summed E-state index contributed by atoms with van der Waals surface area (Å²) >= 11 is 0. The van der Waals surface area contributed by atoms with Crippen molar-refractivity contribution in [2.45, 2.75) is 32.9 Å². The van der Waals surface area contributed by atoms with Crippen LogP contribution in [0.4, 0.5) is 0 Å². The largest absolute Gasteiger partial charge is 0.372 e. The zero-order chi connectivity index (χ0) is 11.1. The first kappa shape index (κ1) is 9.78. The second kappa shape index (κ2) is 3.56. The van der Waals surface area contributed by atoms with Crippen LogP contribution in [-0.2, 0) is 17.9 Å². The highest BCUT2D eigenvalue weighted by atomic mass is 16.5. The predicted octanol–water partition coefficient (Wildman–Crippen LogP) is 2.08. The van der Waals surface area contributed by atoms with E-state index in [1.165, 1.54) is 5.56 Å². The van der Waals surface area contributed by atoms with Crippen molar-refractivity contribution in [1.29, 1.82) is 0 Å². The maximum Gasteiger partial charge on any atom is 0.160 e. The molecule has 1 aliphatic rings. The number of pyridine rings is 1. The van der Waals surface area contributed by atoms with E-state index in [1.54, 1.807) is 0 Å². The van der Waals surface area contributed by atoms with Crippen LogP contribution < -0.4 is 0 Å². The number of aromatic nitrogens is 3. The zero-order valence-electron chi connectivity index (χ0n) is 9.60. The van der Waals surface area contributed by atoms with Crippen LogP contribution in [0.2, 0.25) is 0 Å². The van der Waals surface area contributed by atoms with Crippen LogP contribution in [0.25, 0.3) is 11.2 Å². The van der Waals surface area contributed by atoms with E-state index in [0.717, 1.165) is 30.1 Å². The van der Waals surface area contributed by atoms with E-state index >= 15 is 0 Å². The van der Waals surface area contributed by atoms with Gasteiger partial charge in [-0.1, -0.05) is 13.8 Å². The molecule has 0 amide bonds. The molecule has 0 atom stereocenters. The molecule has 0 spiro atoms. The van der Waals surface area contributed by atoms with Gasteiger partial charge >= 0.3 is 0 Å². The van der Waals surface area contributed by atoms with Gasteiger partial charge in [0.15, 0.2) is 5.65 Å². The Morgan fingerprint density at radius 1 is 1.44 bits per heavy atom. The lowest BCUT2D eigenvalue weighted by Gasteiger charge is -2.14. The number of hydrogen-bond acceptors (Lipinski definition) is 3. The van der Waals surface area contributed by atoms with E-state index in [4.69, 9.17) is 4.74 Å². The first-order chi connectivity index (χ1) is 7.75. The van der Waals surface area contributed by atoms with Crippen molar-refractivity contribution >= 4 is 11.2 Å². The SMILES string of the molecule is CC(C)c1cnc2c(c1)nc1n2CCOC1. The Hall–Kier alpha value is -1.42. The minimum atomic E-state index is 0.492. The van der Waals surface area contributed by atoms with Crippen molar-refractivity contribution in [1.82, 2.24) is 14.5 Å². The first-order valence-corrected chi connectivity index (χ1v) is 5.68. The van der Waals surface area contributed by atoms with E-state index in [9.17, 15) is 0 Å². The maximum absolute atomic E-state index is 5.39. The fraction of sp³-hybridized carbons (Fsp3) is 0.500. The number of rotatable bonds is 1. The fourth-order valence-electron chi connectivity index (χ4n) is 2.05. The molecule has 0 bridgehead atoms. The van der Waals surface area contributed by atoms with Crippen LogP contribution in [0.15, 0.2) is 12.3 Å². The molecule has 0 aromatic carbocycles. The summed E-state index contributed by atoms with van der Waals surface area (Å²) in [7, 11) is 0. The van der Waals surface area contributed by atoms with Crippen LogP contribution in [-0.4, -0.2) is 21.1 Å². The summed E-state index contributed by atoms with van der Waals surface area (Å²) in [6, 6.07) is 2.14. The molecular formula is C12H15N3O. The quantitative estimate of drug-likeness (QED) is 0.734. The van der Waals surface area contributed by atoms with Crippen molar-refractivity contribution < 1.29 is 4.74 Å². The van der Waals surface area contributed by atoms with Crippen LogP contribution >= 0.6 is 0 Å². The van der Waals surface area contributed by atoms with E-state index in [2.05, 4.69) is 34.4 Å². The van der Waals surface area contributed by atoms with E-state index in [-0.39, 0.29) is 0 Å². The molecule has 0 aliphatic carbocycles. The maximum atomic E-state index is 5.39. The highest BCUT2D eigenvalue weighted by Crippen LogP contribution is 2.21. The standard InChI is InChI=1S/C12H15N3O/c1-8(2)9-5-10-12(13-6-9)15-3-4-16-7-11(15)14-10/h5-6,8H,3-4,7H2,1-2H3. The van der Waals surface area contributed by atoms with Gasteiger partial charge in [0, 0.05) is 12.7 Å². The van der Waals surface area contributed by atoms with Gasteiger partial charge in [0.25, 0.3) is 0 Å². The zero-order valence-corrected chi connectivity index (χ0v) is 9.60. The summed E-state index contributed by atoms with van der Waals surface area (Å²) in [5.74, 6) is 1.49. The fourth-order valence-corrected chi connectivity index (χ4v) is 2.05. The van der Waals surface area contributed by atoms with Crippen LogP contribution in [0.1, 0.15) is 31.2 Å². The Balaban J connectivity index is 2.19. The summed E-state index contributed by atoms with van der Waals surface area (Å²) < 4.78 is 7.55. The molecule has 0 N–H and O–H groups in total. The molecule has 3 heterocycles. The van der Waals surface area contributed by atoms with E-state index in [0.29, 0.717) is 12.5 Å². The summed E-state index contributed by atoms with van der Waals surface area (Å²) in [6.45, 7) is 6.56. The molecule has 0 saturated heterocycles. The Labute approximate surface area is 94.3 Å². The molecule has 4 heteroatoms. The molecule has 84 valence electrons. The average Bonchev–Trinajstić information content (AvgIpc) is 2.66. The van der Waals surface area contributed by atoms with Gasteiger partial charge in [0.1, 0.15) is 17.9 Å². The van der Waals surface area contributed by atoms with Gasteiger partial charge in [0.05, 0.1) is 6.61 Å². The van der Waals surface area contributed by atoms with Crippen molar-refractivity contribution in [2.24, 2.45) is 0 Å². The second-order valence-electron chi connectivity index (χ2n) is 4.50. The predicted molar refractivity (Wildman–Crippen MR) is 61.3 cm³/mol. The molecule has 2 aromatic rings. The number of ether oxygens (including phenoxy) is 1. The lowest BCUT2D eigenvalue weighted by atomic mass is 10.1. The molecule has 4 nitrogen and oxygen atoms in total. The number of imidazole rings is 1. The van der Waals surface area contributed by atoms with Crippen molar-refractivity contribution in [3.8, 4) is 0 Å². The van der Waals surface area contributed by atoms with Gasteiger partial charge in [0.2, 0.25) is 0 Å². The minimum Gasteiger partial charge on any atom is -0.372 e. The Morgan fingerprint density at radius 3 is 3.12 bits per heavy atom. The third-order valence-corrected chi connectivity index (χ3v) is 3.04. The highest BCUT2D eigenvalue weighted by molar-refractivity contribution is 5.72. The second-order valence-corrected chi connectivity index (χ2v) is 4.50. The van der Waals surface area contributed by atoms with Crippen LogP contribution in [0.3, 0.4) is 0 Å². The summed E-state index contributed by atoms with van der Waals surface area (Å²) in [6.07, 6.45) is 1.96. The van der Waals surface area contributed by atoms with Gasteiger partial charge < -0.3 is 9.30 Å². The summed E-state index contributed by atoms with van der Waals surface area (Å²) in [4.78, 5) is 9.09. The average molecular weight is 217 g/mol. The van der Waals surface area contributed by atoms with Crippen molar-refractivity contribution in [3.05, 3.63) is 23.7 Å². The number of fused-ring (bicyclic) bond motifs is 3. The van der Waals surface area contributed by atoms with Gasteiger partial charge in [-0.05, 0) is 17.5 Å². The van der Waals surface area contributed by atoms with E-state index in [1.807, 2.05) is 6.20 Å². The molecule has 3 rings (SSSR count). The normalized spacial score (nSPS) is 15.7. The first-order valence-electron chi connectivity index (χ1n) is 5.68. The summed E-state index contributed by atoms with van der Waals surface area (Å²) in [5.41, 5.74) is 3.22. The lowest BCUT2D eigenvalue weighted by molar-refractivity contribution is 0.0828. The smallest absolute Gasteiger partial charge is 0.160 e. The molecule has 0 unspecified atom stereocenters. The highest BCUT2D eigenvalue weighted by Gasteiger charge is 2.16. The monoisotopic (exact) mass is 217 g/mol. The number of hydrogen-bond donors (Lipinski definition) is 0. The molecule has 0 radical (unpaired) electrons. The lowest BCUT2D eigenvalue weighted by Crippen LogP contribution is -2.16. The Morgan fingerprint density at radius 2 is 2.31 bits per heavy atom. The molecule has 16 heavy (non-hydrogen) atoms. The third-order valence-electron chi connectivity index (χ3n) is 3.04. The topological polar surface area (TPSA) is 39.9 Å². The van der Waals surface area contributed by atoms with Gasteiger partial charge in [-0.3, -0.25) is 0 Å². The minimum absolute atomic E-state index is 0.492. The van der Waals surface area contributed by atoms with Gasteiger partial charge in [-0.15, -0.1) is 0 Å². The van der Waals surface area contributed by atoms with Crippen LogP contribution in [0, 0.1) is 0 Å². The molecule has 0 fully saturated rings. The Bertz CT molecular complexity index is 530. The third kappa shape index (κ3) is 1.41. The van der Waals surface area contributed by atoms with Crippen molar-refractivity contribution in [2.75, 3.05) is 6.61 Å².